The highest BCUT2D eigenvalue weighted by atomic mass is 19.1. The van der Waals surface area contributed by atoms with Crippen LogP contribution in [0, 0.1) is 12.7 Å². The number of rotatable bonds is 9. The largest absolute Gasteiger partial charge is 0.494 e. The fourth-order valence-corrected chi connectivity index (χ4v) is 3.14. The second-order valence-electron chi connectivity index (χ2n) is 7.54. The van der Waals surface area contributed by atoms with Gasteiger partial charge in [0.15, 0.2) is 17.4 Å². The molecule has 13 heteroatoms. The number of hydrazone groups is 1. The van der Waals surface area contributed by atoms with Gasteiger partial charge in [0.1, 0.15) is 29.4 Å². The van der Waals surface area contributed by atoms with Crippen LogP contribution in [0.15, 0.2) is 29.4 Å². The van der Waals surface area contributed by atoms with Crippen molar-refractivity contribution in [2.24, 2.45) is 16.7 Å². The zero-order chi connectivity index (χ0) is 24.7. The molecule has 2 aromatic rings. The van der Waals surface area contributed by atoms with E-state index in [-0.39, 0.29) is 68.1 Å². The molecule has 2 atom stereocenters. The van der Waals surface area contributed by atoms with Gasteiger partial charge < -0.3 is 30.4 Å². The summed E-state index contributed by atoms with van der Waals surface area (Å²) < 4.78 is 29.5. The minimum atomic E-state index is -0.491. The van der Waals surface area contributed by atoms with E-state index in [1.54, 1.807) is 13.0 Å². The van der Waals surface area contributed by atoms with E-state index >= 15 is 0 Å². The predicted octanol–water partition coefficient (Wildman–Crippen LogP) is -0.565. The van der Waals surface area contributed by atoms with Crippen molar-refractivity contribution in [3.05, 3.63) is 52.9 Å². The Balaban J connectivity index is 1.63. The molecule has 0 radical (unpaired) electrons. The van der Waals surface area contributed by atoms with Crippen LogP contribution in [-0.4, -0.2) is 77.6 Å². The summed E-state index contributed by atoms with van der Waals surface area (Å²) in [5.41, 5.74) is 7.00. The molecule has 34 heavy (non-hydrogen) atoms. The van der Waals surface area contributed by atoms with Crippen LogP contribution in [0.3, 0.4) is 0 Å². The van der Waals surface area contributed by atoms with E-state index in [1.165, 1.54) is 25.3 Å². The molecule has 1 amide bonds. The zero-order valence-corrected chi connectivity index (χ0v) is 18.9. The third-order valence-corrected chi connectivity index (χ3v) is 4.87. The number of aryl methyl sites for hydroxylation is 1. The summed E-state index contributed by atoms with van der Waals surface area (Å²) in [6.45, 7) is 2.33. The lowest BCUT2D eigenvalue weighted by atomic mass is 10.2. The molecule has 184 valence electrons. The Morgan fingerprint density at radius 3 is 2.68 bits per heavy atom. The molecular weight excluding hydrogens is 449 g/mol. The summed E-state index contributed by atoms with van der Waals surface area (Å²) in [4.78, 5) is 21.0. The number of halogens is 1. The molecule has 12 nitrogen and oxygen atoms in total. The van der Waals surface area contributed by atoms with E-state index in [4.69, 9.17) is 30.9 Å². The Labute approximate surface area is 195 Å². The first-order valence-electron chi connectivity index (χ1n) is 10.5. The zero-order valence-electron chi connectivity index (χ0n) is 18.9. The van der Waals surface area contributed by atoms with E-state index in [0.717, 1.165) is 5.12 Å². The number of amides is 1. The molecule has 2 heterocycles. The monoisotopic (exact) mass is 477 g/mol. The molecule has 0 spiro atoms. The molecule has 1 aliphatic heterocycles. The number of nitrogens with zero attached hydrogens (tertiary/aromatic N) is 4. The van der Waals surface area contributed by atoms with Crippen LogP contribution in [0.25, 0.3) is 0 Å². The Morgan fingerprint density at radius 1 is 1.29 bits per heavy atom. The molecule has 1 unspecified atom stereocenters. The van der Waals surface area contributed by atoms with Crippen molar-refractivity contribution in [2.75, 3.05) is 33.5 Å². The van der Waals surface area contributed by atoms with Crippen LogP contribution in [0.4, 0.5) is 4.39 Å². The van der Waals surface area contributed by atoms with Gasteiger partial charge in [-0.2, -0.15) is 0 Å². The number of hydrogen-bond donors (Lipinski definition) is 4. The lowest BCUT2D eigenvalue weighted by Crippen LogP contribution is -2.45. The number of nitrogens with two attached hydrogens (primary N) is 2. The molecule has 1 aliphatic rings. The van der Waals surface area contributed by atoms with Gasteiger partial charge in [0.2, 0.25) is 0 Å². The van der Waals surface area contributed by atoms with Gasteiger partial charge in [-0.15, -0.1) is 5.10 Å². The summed E-state index contributed by atoms with van der Waals surface area (Å²) >= 11 is 0. The van der Waals surface area contributed by atoms with Crippen LogP contribution in [0.5, 0.6) is 5.75 Å². The molecule has 6 N–H and O–H groups in total. The van der Waals surface area contributed by atoms with Gasteiger partial charge >= 0.3 is 0 Å². The van der Waals surface area contributed by atoms with Gasteiger partial charge in [0.05, 0.1) is 33.5 Å². The Hall–Kier alpha value is -3.39. The molecule has 1 aromatic carbocycles. The number of hydrogen-bond acceptors (Lipinski definition) is 10. The van der Waals surface area contributed by atoms with E-state index in [1.807, 2.05) is 0 Å². The van der Waals surface area contributed by atoms with Crippen LogP contribution < -0.4 is 21.6 Å². The highest BCUT2D eigenvalue weighted by Gasteiger charge is 2.23. The van der Waals surface area contributed by atoms with Gasteiger partial charge in [0.25, 0.3) is 5.91 Å². The number of amidine groups is 1. The number of nitrogens with one attached hydrogen (secondary N) is 1. The molecule has 1 aromatic heterocycles. The molecule has 1 saturated heterocycles. The van der Waals surface area contributed by atoms with Gasteiger partial charge in [-0.1, -0.05) is 6.07 Å². The molecule has 0 bridgehead atoms. The Kier molecular flexibility index (Phi) is 8.65. The topological polar surface area (TPSA) is 170 Å². The van der Waals surface area contributed by atoms with E-state index in [0.29, 0.717) is 11.4 Å². The highest BCUT2D eigenvalue weighted by Crippen LogP contribution is 2.18. The standard InChI is InChI=1S/C21H28FN7O5/c1-12-26-17(20(23)28-29(24)8-14-10-34-15(9-30)11-33-14)6-18(27-12)21(31)25-7-13-3-4-16(22)19(5-13)32-2/h3-6,14-15,30H,7-11,24H2,1-2H3,(H2,23,28)(H,25,31)/t14?,15-/m1/s1. The first-order valence-corrected chi connectivity index (χ1v) is 10.5. The van der Waals surface area contributed by atoms with Crippen molar-refractivity contribution >= 4 is 11.7 Å². The molecular formula is C21H28FN7O5. The normalized spacial score (nSPS) is 18.4. The van der Waals surface area contributed by atoms with E-state index in [9.17, 15) is 9.18 Å². The molecule has 0 aliphatic carbocycles. The fourth-order valence-electron chi connectivity index (χ4n) is 3.14. The van der Waals surface area contributed by atoms with Crippen LogP contribution in [-0.2, 0) is 16.0 Å². The van der Waals surface area contributed by atoms with Crippen LogP contribution >= 0.6 is 0 Å². The summed E-state index contributed by atoms with van der Waals surface area (Å²) in [5, 5.41) is 17.0. The van der Waals surface area contributed by atoms with Crippen molar-refractivity contribution in [1.82, 2.24) is 20.4 Å². The Bertz CT molecular complexity index is 1030. The smallest absolute Gasteiger partial charge is 0.270 e. The summed E-state index contributed by atoms with van der Waals surface area (Å²) in [5.74, 6) is 5.33. The number of ether oxygens (including phenoxy) is 3. The third kappa shape index (κ3) is 6.81. The van der Waals surface area contributed by atoms with Gasteiger partial charge in [-0.3, -0.25) is 4.79 Å². The Morgan fingerprint density at radius 2 is 2.00 bits per heavy atom. The van der Waals surface area contributed by atoms with E-state index in [2.05, 4.69) is 20.4 Å². The lowest BCUT2D eigenvalue weighted by Gasteiger charge is -2.30. The summed E-state index contributed by atoms with van der Waals surface area (Å²) in [6, 6.07) is 5.70. The lowest BCUT2D eigenvalue weighted by molar-refractivity contribution is -0.150. The van der Waals surface area contributed by atoms with Gasteiger partial charge in [-0.25, -0.2) is 25.3 Å². The number of aliphatic hydroxyl groups is 1. The second kappa shape index (κ2) is 11.7. The second-order valence-corrected chi connectivity index (χ2v) is 7.54. The number of carbonyl (C=O) groups excluding carboxylic acids is 1. The predicted molar refractivity (Wildman–Crippen MR) is 119 cm³/mol. The van der Waals surface area contributed by atoms with Gasteiger partial charge in [-0.05, 0) is 30.7 Å². The fraction of sp³-hybridized carbons (Fsp3) is 0.429. The first kappa shape index (κ1) is 25.2. The summed E-state index contributed by atoms with van der Waals surface area (Å²) in [7, 11) is 1.36. The number of benzene rings is 1. The number of hydrazine groups is 1. The maximum absolute atomic E-state index is 13.6. The number of carbonyl (C=O) groups is 1. The average Bonchev–Trinajstić information content (AvgIpc) is 2.83. The van der Waals surface area contributed by atoms with Crippen molar-refractivity contribution in [2.45, 2.75) is 25.7 Å². The van der Waals surface area contributed by atoms with Crippen LogP contribution in [0.2, 0.25) is 0 Å². The van der Waals surface area contributed by atoms with Crippen molar-refractivity contribution in [3.8, 4) is 5.75 Å². The number of aliphatic hydroxyl groups excluding tert-OH is 1. The van der Waals surface area contributed by atoms with Crippen molar-refractivity contribution in [1.29, 1.82) is 0 Å². The van der Waals surface area contributed by atoms with Crippen molar-refractivity contribution < 1.29 is 28.5 Å². The van der Waals surface area contributed by atoms with Crippen LogP contribution in [0.1, 0.15) is 27.6 Å². The minimum Gasteiger partial charge on any atom is -0.494 e. The first-order chi connectivity index (χ1) is 16.3. The quantitative estimate of drug-likeness (QED) is 0.159. The third-order valence-electron chi connectivity index (χ3n) is 4.87. The van der Waals surface area contributed by atoms with Gasteiger partial charge in [0, 0.05) is 6.54 Å². The average molecular weight is 477 g/mol. The molecule has 3 rings (SSSR count). The minimum absolute atomic E-state index is 0.0183. The van der Waals surface area contributed by atoms with E-state index < -0.39 is 11.7 Å². The molecule has 0 saturated carbocycles. The maximum atomic E-state index is 13.6. The SMILES string of the molecule is COc1cc(CNC(=O)c2cc(/C(N)=N/N(N)CC3CO[C@H](CO)CO3)nc(C)n2)ccc1F. The number of aromatic nitrogens is 2. The highest BCUT2D eigenvalue weighted by molar-refractivity contribution is 5.99. The number of methoxy groups -OCH3 is 1. The summed E-state index contributed by atoms with van der Waals surface area (Å²) in [6.07, 6.45) is -0.697. The molecule has 1 fully saturated rings. The van der Waals surface area contributed by atoms with Crippen molar-refractivity contribution in [3.63, 3.8) is 0 Å². The maximum Gasteiger partial charge on any atom is 0.270 e.